The first-order valence-corrected chi connectivity index (χ1v) is 27.9. The Kier molecular flexibility index (Phi) is 23.5. The van der Waals surface area contributed by atoms with Gasteiger partial charge in [0.1, 0.15) is 73.0 Å². The molecule has 0 aromatic carbocycles. The van der Waals surface area contributed by atoms with Gasteiger partial charge in [0.05, 0.1) is 22.6 Å². The van der Waals surface area contributed by atoms with Crippen LogP contribution >= 0.6 is 0 Å². The summed E-state index contributed by atoms with van der Waals surface area (Å²) in [4.78, 5) is 56.0. The van der Waals surface area contributed by atoms with Gasteiger partial charge in [-0.3, -0.25) is 0 Å². The van der Waals surface area contributed by atoms with Crippen LogP contribution in [0, 0.1) is 73.9 Å². The number of hydrogen-bond donors (Lipinski definition) is 3. The van der Waals surface area contributed by atoms with E-state index in [2.05, 4.69) is 63.6 Å². The van der Waals surface area contributed by atoms with Gasteiger partial charge in [0.2, 0.25) is 0 Å². The summed E-state index contributed by atoms with van der Waals surface area (Å²) in [6.45, 7) is 6.86. The van der Waals surface area contributed by atoms with Crippen LogP contribution in [0.2, 0.25) is 0 Å². The van der Waals surface area contributed by atoms with E-state index >= 15 is 0 Å². The first kappa shape index (κ1) is 61.2. The third-order valence-corrected chi connectivity index (χ3v) is 16.4. The minimum atomic E-state index is -1.12. The maximum absolute atomic E-state index is 14.4. The van der Waals surface area contributed by atoms with Crippen LogP contribution in [0.15, 0.2) is 67.2 Å². The summed E-state index contributed by atoms with van der Waals surface area (Å²) < 4.78 is 17.7. The molecule has 3 heterocycles. The van der Waals surface area contributed by atoms with Crippen molar-refractivity contribution in [2.24, 2.45) is 5.92 Å². The molecule has 0 amide bonds. The number of likely N-dealkylation sites (N-methyl/N-ethyl adjacent to an activating group) is 6. The summed E-state index contributed by atoms with van der Waals surface area (Å²) >= 11 is 0. The monoisotopic (exact) mass is 1080 g/mol. The lowest BCUT2D eigenvalue weighted by Gasteiger charge is -2.37. The summed E-state index contributed by atoms with van der Waals surface area (Å²) in [5.41, 5.74) is 2.84. The number of ether oxygens (including phenoxy) is 3. The average molecular weight is 1080 g/mol. The summed E-state index contributed by atoms with van der Waals surface area (Å²) in [6, 6.07) is 12.6. The SMILES string of the molecule is CNCCN(C)C1CC(N2CCCC2)=C(C#N)/C(=C(\C#N)C(=O)OCC(COC(=O)/C(C#N)=C2\CC(N(C)CCNC)CC(N3CCCC3)=C2C#N)COC(=O)/C(C#N)=C2\CC(N(C)CCNC)CC(N3CCCC3)=C2C#N)C1. The molecule has 79 heavy (non-hydrogen) atoms. The highest BCUT2D eigenvalue weighted by Gasteiger charge is 2.39. The quantitative estimate of drug-likeness (QED) is 0.0541. The Labute approximate surface area is 467 Å². The van der Waals surface area contributed by atoms with Gasteiger partial charge in [-0.25, -0.2) is 14.4 Å². The first-order chi connectivity index (χ1) is 38.3. The van der Waals surface area contributed by atoms with E-state index < -0.39 is 43.6 Å². The Balaban J connectivity index is 1.35. The van der Waals surface area contributed by atoms with Crippen molar-refractivity contribution in [2.45, 2.75) is 95.2 Å². The third-order valence-electron chi connectivity index (χ3n) is 16.4. The summed E-state index contributed by atoms with van der Waals surface area (Å²) in [5, 5.41) is 73.6. The van der Waals surface area contributed by atoms with Crippen LogP contribution in [0.5, 0.6) is 0 Å². The number of carbonyl (C=O) groups is 3. The number of hydrogen-bond acceptors (Lipinski definition) is 21. The molecule has 422 valence electrons. The highest BCUT2D eigenvalue weighted by atomic mass is 16.6. The summed E-state index contributed by atoms with van der Waals surface area (Å²) in [6.07, 6.45) is 8.01. The second-order valence-corrected chi connectivity index (χ2v) is 21.4. The molecule has 0 aromatic heterocycles. The normalized spacial score (nSPS) is 23.0. The number of likely N-dealkylation sites (tertiary alicyclic amines) is 3. The van der Waals surface area contributed by atoms with Crippen molar-refractivity contribution in [3.05, 3.63) is 67.2 Å². The highest BCUT2D eigenvalue weighted by molar-refractivity contribution is 5.96. The van der Waals surface area contributed by atoms with Crippen molar-refractivity contribution in [3.8, 4) is 36.4 Å². The third kappa shape index (κ3) is 15.2. The van der Waals surface area contributed by atoms with Gasteiger partial charge >= 0.3 is 17.9 Å². The van der Waals surface area contributed by atoms with Gasteiger partial charge in [0.15, 0.2) is 0 Å². The van der Waals surface area contributed by atoms with Gasteiger partial charge in [0.25, 0.3) is 0 Å². The first-order valence-electron chi connectivity index (χ1n) is 27.9. The largest absolute Gasteiger partial charge is 0.461 e. The molecule has 3 fully saturated rings. The topological polar surface area (TPSA) is 277 Å². The molecule has 3 saturated heterocycles. The van der Waals surface area contributed by atoms with E-state index in [0.717, 1.165) is 94.9 Å². The van der Waals surface area contributed by atoms with E-state index in [4.69, 9.17) is 14.2 Å². The van der Waals surface area contributed by atoms with E-state index in [1.807, 2.05) is 60.5 Å². The fourth-order valence-corrected chi connectivity index (χ4v) is 11.6. The van der Waals surface area contributed by atoms with Crippen molar-refractivity contribution in [3.63, 3.8) is 0 Å². The van der Waals surface area contributed by atoms with Crippen LogP contribution in [0.3, 0.4) is 0 Å². The average Bonchev–Trinajstić information content (AvgIpc) is 4.35. The van der Waals surface area contributed by atoms with E-state index in [0.29, 0.717) is 58.5 Å². The van der Waals surface area contributed by atoms with E-state index in [1.165, 1.54) is 0 Å². The Morgan fingerprint density at radius 3 is 0.937 bits per heavy atom. The zero-order valence-electron chi connectivity index (χ0n) is 47.2. The molecule has 6 aliphatic rings. The molecule has 3 aliphatic carbocycles. The van der Waals surface area contributed by atoms with Crippen LogP contribution in [0.4, 0.5) is 0 Å². The number of nitrogens with one attached hydrogen (secondary N) is 3. The second kappa shape index (κ2) is 30.4. The van der Waals surface area contributed by atoms with Crippen LogP contribution in [0.1, 0.15) is 77.0 Å². The Morgan fingerprint density at radius 1 is 0.468 bits per heavy atom. The van der Waals surface area contributed by atoms with Crippen molar-refractivity contribution in [2.75, 3.05) is 141 Å². The number of allylic oxidation sites excluding steroid dienone is 3. The second-order valence-electron chi connectivity index (χ2n) is 21.4. The molecule has 0 saturated carbocycles. The van der Waals surface area contributed by atoms with Gasteiger partial charge in [-0.05, 0) is 117 Å². The van der Waals surface area contributed by atoms with Gasteiger partial charge in [-0.2, -0.15) is 31.6 Å². The number of rotatable bonds is 24. The molecule has 21 heteroatoms. The fourth-order valence-electron chi connectivity index (χ4n) is 11.6. The molecule has 3 atom stereocenters. The molecule has 0 spiro atoms. The van der Waals surface area contributed by atoms with Gasteiger partial charge in [-0.15, -0.1) is 0 Å². The number of esters is 3. The molecule has 3 unspecified atom stereocenters. The zero-order chi connectivity index (χ0) is 57.0. The van der Waals surface area contributed by atoms with Crippen molar-refractivity contribution < 1.29 is 28.6 Å². The van der Waals surface area contributed by atoms with E-state index in [1.54, 1.807) is 0 Å². The molecule has 3 N–H and O–H groups in total. The Morgan fingerprint density at radius 2 is 0.722 bits per heavy atom. The van der Waals surface area contributed by atoms with Crippen LogP contribution in [-0.2, 0) is 28.6 Å². The lowest BCUT2D eigenvalue weighted by atomic mass is 9.84. The predicted octanol–water partition coefficient (Wildman–Crippen LogP) is 3.25. The number of nitrogens with zero attached hydrogens (tertiary/aromatic N) is 12. The molecular weight excluding hydrogens is 1000 g/mol. The predicted molar refractivity (Wildman–Crippen MR) is 293 cm³/mol. The Hall–Kier alpha value is -7.05. The van der Waals surface area contributed by atoms with Crippen molar-refractivity contribution in [1.29, 1.82) is 31.6 Å². The lowest BCUT2D eigenvalue weighted by molar-refractivity contribution is -0.148. The van der Waals surface area contributed by atoms with Crippen molar-refractivity contribution >= 4 is 17.9 Å². The molecular formula is C58H79N15O6. The smallest absolute Gasteiger partial charge is 0.349 e. The highest BCUT2D eigenvalue weighted by Crippen LogP contribution is 2.40. The fraction of sp³-hybridized carbons (Fsp3) is 0.638. The summed E-state index contributed by atoms with van der Waals surface area (Å²) in [7, 11) is 11.5. The van der Waals surface area contributed by atoms with Crippen molar-refractivity contribution in [1.82, 2.24) is 45.3 Å². The minimum absolute atomic E-state index is 0.141. The lowest BCUT2D eigenvalue weighted by Crippen LogP contribution is -2.41. The Bertz CT molecular complexity index is 2410. The minimum Gasteiger partial charge on any atom is -0.461 e. The molecule has 3 aliphatic heterocycles. The molecule has 0 radical (unpaired) electrons. The molecule has 6 rings (SSSR count). The summed E-state index contributed by atoms with van der Waals surface area (Å²) in [5.74, 6) is -4.22. The number of carbonyl (C=O) groups excluding carboxylic acids is 3. The van der Waals surface area contributed by atoms with Gasteiger partial charge in [0, 0.05) is 133 Å². The van der Waals surface area contributed by atoms with Gasteiger partial charge in [-0.1, -0.05) is 0 Å². The van der Waals surface area contributed by atoms with Crippen LogP contribution < -0.4 is 16.0 Å². The molecule has 21 nitrogen and oxygen atoms in total. The maximum Gasteiger partial charge on any atom is 0.349 e. The molecule has 0 aromatic rings. The van der Waals surface area contributed by atoms with Gasteiger partial charge < -0.3 is 59.6 Å². The molecule has 0 bridgehead atoms. The zero-order valence-corrected chi connectivity index (χ0v) is 47.2. The number of nitriles is 6. The van der Waals surface area contributed by atoms with Crippen LogP contribution in [0.25, 0.3) is 0 Å². The standard InChI is InChI=1S/C58H79N15O6/c1-65-13-22-68(4)41-25-44(47(31-59)53(28-41)71-16-7-8-17-71)50(34-62)56(74)77-37-40(38-78-57(75)51(35-63)45-26-42(69(5)23-14-66-2)29-54(48(45)32-60)72-18-9-10-19-72)39-79-58(76)52(36-64)46-27-43(70(6)24-15-67-3)30-55(49(46)33-61)73-20-11-12-21-73/h40-43,65-67H,7-30,37-39H2,1-6H3/b50-44+,51-45+,52-46+. The van der Waals surface area contributed by atoms with E-state index in [-0.39, 0.29) is 87.5 Å². The van der Waals surface area contributed by atoms with Crippen LogP contribution in [-0.4, -0.2) is 206 Å². The maximum atomic E-state index is 14.4. The van der Waals surface area contributed by atoms with E-state index in [9.17, 15) is 46.0 Å².